The molecule has 0 saturated carbocycles. The summed E-state index contributed by atoms with van der Waals surface area (Å²) in [5.41, 5.74) is 0. The van der Waals surface area contributed by atoms with Crippen LogP contribution in [0.1, 0.15) is 39.5 Å². The Morgan fingerprint density at radius 1 is 1.33 bits per heavy atom. The van der Waals surface area contributed by atoms with Crippen molar-refractivity contribution >= 4 is 6.03 Å². The molecule has 0 unspecified atom stereocenters. The molecule has 0 aromatic rings. The molecule has 0 aliphatic rings. The zero-order valence-corrected chi connectivity index (χ0v) is 8.26. The molecule has 0 rings (SSSR count). The Morgan fingerprint density at radius 3 is 2.17 bits per heavy atom. The SMILES string of the molecule is CCCC(CCC)NC(=O)[N]C. The number of carbonyl (C=O) groups is 1. The zero-order valence-electron chi connectivity index (χ0n) is 8.26. The summed E-state index contributed by atoms with van der Waals surface area (Å²) in [5, 5.41) is 6.41. The number of urea groups is 1. The highest BCUT2D eigenvalue weighted by molar-refractivity contribution is 5.73. The van der Waals surface area contributed by atoms with Gasteiger partial charge >= 0.3 is 6.03 Å². The third-order valence-electron chi connectivity index (χ3n) is 1.80. The largest absolute Gasteiger partial charge is 0.336 e. The van der Waals surface area contributed by atoms with E-state index in [9.17, 15) is 4.79 Å². The maximum absolute atomic E-state index is 10.9. The van der Waals surface area contributed by atoms with E-state index in [0.29, 0.717) is 6.04 Å². The molecule has 0 saturated heterocycles. The van der Waals surface area contributed by atoms with Crippen LogP contribution in [0.25, 0.3) is 0 Å². The molecule has 2 amide bonds. The van der Waals surface area contributed by atoms with Gasteiger partial charge in [-0.25, -0.2) is 10.1 Å². The quantitative estimate of drug-likeness (QED) is 0.674. The van der Waals surface area contributed by atoms with Crippen molar-refractivity contribution in [3.05, 3.63) is 0 Å². The lowest BCUT2D eigenvalue weighted by Gasteiger charge is -2.15. The van der Waals surface area contributed by atoms with E-state index in [1.165, 1.54) is 7.05 Å². The van der Waals surface area contributed by atoms with E-state index in [0.717, 1.165) is 25.7 Å². The highest BCUT2D eigenvalue weighted by Crippen LogP contribution is 2.03. The van der Waals surface area contributed by atoms with Gasteiger partial charge < -0.3 is 5.32 Å². The summed E-state index contributed by atoms with van der Waals surface area (Å²) in [6, 6.07) is 0.123. The van der Waals surface area contributed by atoms with Gasteiger partial charge in [0.1, 0.15) is 0 Å². The van der Waals surface area contributed by atoms with Crippen molar-refractivity contribution in [2.45, 2.75) is 45.6 Å². The summed E-state index contributed by atoms with van der Waals surface area (Å²) in [6.45, 7) is 4.25. The first-order valence-electron chi connectivity index (χ1n) is 4.64. The van der Waals surface area contributed by atoms with Crippen molar-refractivity contribution in [1.29, 1.82) is 0 Å². The van der Waals surface area contributed by atoms with E-state index in [1.54, 1.807) is 0 Å². The minimum Gasteiger partial charge on any atom is -0.334 e. The summed E-state index contributed by atoms with van der Waals surface area (Å²) in [4.78, 5) is 10.9. The van der Waals surface area contributed by atoms with Gasteiger partial charge in [0.05, 0.1) is 0 Å². The molecule has 0 bridgehead atoms. The maximum atomic E-state index is 10.9. The van der Waals surface area contributed by atoms with E-state index < -0.39 is 0 Å². The normalized spacial score (nSPS) is 10.0. The summed E-state index contributed by atoms with van der Waals surface area (Å²) in [7, 11) is 1.52. The van der Waals surface area contributed by atoms with Gasteiger partial charge in [0.2, 0.25) is 0 Å². The lowest BCUT2D eigenvalue weighted by Crippen LogP contribution is -2.37. The van der Waals surface area contributed by atoms with Crippen LogP contribution in [0.5, 0.6) is 0 Å². The fraction of sp³-hybridized carbons (Fsp3) is 0.889. The van der Waals surface area contributed by atoms with Crippen LogP contribution in [0.3, 0.4) is 0 Å². The van der Waals surface area contributed by atoms with Gasteiger partial charge in [-0.2, -0.15) is 0 Å². The Labute approximate surface area is 74.9 Å². The lowest BCUT2D eigenvalue weighted by atomic mass is 10.1. The third-order valence-corrected chi connectivity index (χ3v) is 1.80. The molecule has 1 radical (unpaired) electrons. The number of rotatable bonds is 5. The highest BCUT2D eigenvalue weighted by atomic mass is 16.2. The third kappa shape index (κ3) is 4.99. The molecule has 0 fully saturated rings. The smallest absolute Gasteiger partial charge is 0.334 e. The molecule has 71 valence electrons. The van der Waals surface area contributed by atoms with Gasteiger partial charge in [0, 0.05) is 13.1 Å². The minimum absolute atomic E-state index is 0.193. The summed E-state index contributed by atoms with van der Waals surface area (Å²) >= 11 is 0. The molecule has 12 heavy (non-hydrogen) atoms. The first-order valence-corrected chi connectivity index (χ1v) is 4.64. The van der Waals surface area contributed by atoms with Crippen LogP contribution in [0.4, 0.5) is 4.79 Å². The number of amides is 2. The van der Waals surface area contributed by atoms with Crippen molar-refractivity contribution in [2.24, 2.45) is 0 Å². The van der Waals surface area contributed by atoms with Gasteiger partial charge in [-0.05, 0) is 12.8 Å². The Bertz CT molecular complexity index is 120. The average Bonchev–Trinajstić information content (AvgIpc) is 2.05. The van der Waals surface area contributed by atoms with Crippen molar-refractivity contribution < 1.29 is 4.79 Å². The van der Waals surface area contributed by atoms with Crippen LogP contribution in [-0.4, -0.2) is 19.1 Å². The molecule has 0 atom stereocenters. The molecule has 0 aromatic carbocycles. The molecular weight excluding hydrogens is 152 g/mol. The molecule has 0 aromatic heterocycles. The Balaban J connectivity index is 3.68. The summed E-state index contributed by atoms with van der Waals surface area (Å²) < 4.78 is 0. The van der Waals surface area contributed by atoms with Gasteiger partial charge in [-0.15, -0.1) is 0 Å². The van der Waals surface area contributed by atoms with E-state index in [1.807, 2.05) is 0 Å². The molecule has 3 heteroatoms. The molecule has 0 spiro atoms. The van der Waals surface area contributed by atoms with Crippen LogP contribution in [0, 0.1) is 0 Å². The van der Waals surface area contributed by atoms with Crippen molar-refractivity contribution in [3.8, 4) is 0 Å². The summed E-state index contributed by atoms with van der Waals surface area (Å²) in [6.07, 6.45) is 4.31. The molecule has 0 aliphatic carbocycles. The second-order valence-electron chi connectivity index (χ2n) is 2.95. The predicted molar refractivity (Wildman–Crippen MR) is 50.2 cm³/mol. The van der Waals surface area contributed by atoms with Crippen LogP contribution in [0.2, 0.25) is 0 Å². The number of nitrogens with one attached hydrogen (secondary N) is 1. The van der Waals surface area contributed by atoms with Crippen molar-refractivity contribution in [2.75, 3.05) is 7.05 Å². The van der Waals surface area contributed by atoms with E-state index in [2.05, 4.69) is 24.5 Å². The van der Waals surface area contributed by atoms with Crippen LogP contribution < -0.4 is 10.6 Å². The first-order chi connectivity index (χ1) is 5.74. The monoisotopic (exact) mass is 171 g/mol. The van der Waals surface area contributed by atoms with E-state index >= 15 is 0 Å². The molecule has 1 N–H and O–H groups in total. The Kier molecular flexibility index (Phi) is 6.53. The van der Waals surface area contributed by atoms with Gasteiger partial charge in [-0.3, -0.25) is 0 Å². The van der Waals surface area contributed by atoms with Crippen molar-refractivity contribution in [3.63, 3.8) is 0 Å². The fourth-order valence-electron chi connectivity index (χ4n) is 1.22. The number of carbonyl (C=O) groups excluding carboxylic acids is 1. The molecular formula is C9H19N2O. The van der Waals surface area contributed by atoms with Gasteiger partial charge in [0.15, 0.2) is 0 Å². The first kappa shape index (κ1) is 11.3. The predicted octanol–water partition coefficient (Wildman–Crippen LogP) is 1.90. The zero-order chi connectivity index (χ0) is 9.40. The second kappa shape index (κ2) is 6.95. The minimum atomic E-state index is -0.193. The van der Waals surface area contributed by atoms with Crippen LogP contribution >= 0.6 is 0 Å². The Morgan fingerprint density at radius 2 is 1.83 bits per heavy atom. The van der Waals surface area contributed by atoms with Crippen LogP contribution in [-0.2, 0) is 0 Å². The second-order valence-corrected chi connectivity index (χ2v) is 2.95. The number of hydrogen-bond acceptors (Lipinski definition) is 1. The van der Waals surface area contributed by atoms with E-state index in [4.69, 9.17) is 0 Å². The van der Waals surface area contributed by atoms with Crippen LogP contribution in [0.15, 0.2) is 0 Å². The highest BCUT2D eigenvalue weighted by Gasteiger charge is 2.08. The van der Waals surface area contributed by atoms with E-state index in [-0.39, 0.29) is 6.03 Å². The topological polar surface area (TPSA) is 43.2 Å². The molecule has 0 aliphatic heterocycles. The standard InChI is InChI=1S/C9H19N2O/c1-4-6-8(7-5-2)11-9(12)10-3/h8H,4-7H2,1-3H3,(H,11,12). The van der Waals surface area contributed by atoms with Crippen molar-refractivity contribution in [1.82, 2.24) is 10.6 Å². The molecule has 0 heterocycles. The molecule has 3 nitrogen and oxygen atoms in total. The van der Waals surface area contributed by atoms with Gasteiger partial charge in [-0.1, -0.05) is 26.7 Å². The maximum Gasteiger partial charge on any atom is 0.336 e. The lowest BCUT2D eigenvalue weighted by molar-refractivity contribution is 0.236. The fourth-order valence-corrected chi connectivity index (χ4v) is 1.22. The number of hydrogen-bond donors (Lipinski definition) is 1. The van der Waals surface area contributed by atoms with Gasteiger partial charge in [0.25, 0.3) is 0 Å². The Hall–Kier alpha value is -0.730. The summed E-state index contributed by atoms with van der Waals surface area (Å²) in [5.74, 6) is 0. The average molecular weight is 171 g/mol. The number of nitrogens with zero attached hydrogens (tertiary/aromatic N) is 1.